The summed E-state index contributed by atoms with van der Waals surface area (Å²) in [6, 6.07) is 7.16. The summed E-state index contributed by atoms with van der Waals surface area (Å²) in [7, 11) is 0. The Kier molecular flexibility index (Phi) is 8.63. The van der Waals surface area contributed by atoms with E-state index in [1.807, 2.05) is 24.0 Å². The molecule has 2 heterocycles. The summed E-state index contributed by atoms with van der Waals surface area (Å²) in [5, 5.41) is -0.299. The zero-order valence-electron chi connectivity index (χ0n) is 19.7. The molecule has 3 rings (SSSR count). The van der Waals surface area contributed by atoms with Crippen LogP contribution < -0.4 is 0 Å². The summed E-state index contributed by atoms with van der Waals surface area (Å²) >= 11 is 1.38. The summed E-state index contributed by atoms with van der Waals surface area (Å²) in [6.45, 7) is 10.9. The van der Waals surface area contributed by atoms with Crippen LogP contribution in [0.4, 0.5) is 0 Å². The minimum absolute atomic E-state index is 0.105. The SMILES string of the molecule is CC1CCN(C(=O)C(C)OC(=O)c2ccccc2SC(C)C(=O)N2CCC(C)CC2)CC1. The first-order valence-corrected chi connectivity index (χ1v) is 12.7. The molecule has 2 aliphatic heterocycles. The maximum Gasteiger partial charge on any atom is 0.340 e. The maximum atomic E-state index is 12.9. The number of likely N-dealkylation sites (tertiary alicyclic amines) is 2. The molecule has 2 saturated heterocycles. The molecule has 176 valence electrons. The highest BCUT2D eigenvalue weighted by molar-refractivity contribution is 8.00. The van der Waals surface area contributed by atoms with Crippen molar-refractivity contribution in [3.63, 3.8) is 0 Å². The molecule has 2 aliphatic rings. The van der Waals surface area contributed by atoms with Crippen LogP contribution in [0, 0.1) is 11.8 Å². The van der Waals surface area contributed by atoms with Gasteiger partial charge < -0.3 is 14.5 Å². The van der Waals surface area contributed by atoms with Gasteiger partial charge in [0.15, 0.2) is 6.10 Å². The Morgan fingerprint density at radius 2 is 1.38 bits per heavy atom. The van der Waals surface area contributed by atoms with E-state index in [-0.39, 0.29) is 17.1 Å². The van der Waals surface area contributed by atoms with Gasteiger partial charge in [-0.15, -0.1) is 11.8 Å². The van der Waals surface area contributed by atoms with Crippen LogP contribution in [0.1, 0.15) is 63.7 Å². The molecule has 2 amide bonds. The molecule has 0 spiro atoms. The first-order chi connectivity index (χ1) is 15.3. The standard InChI is InChI=1S/C25H36N2O4S/c1-17-9-13-26(14-10-17)23(28)19(3)31-25(30)21-7-5-6-8-22(21)32-20(4)24(29)27-15-11-18(2)12-16-27/h5-8,17-20H,9-16H2,1-4H3. The van der Waals surface area contributed by atoms with Gasteiger partial charge in [-0.25, -0.2) is 4.79 Å². The minimum atomic E-state index is -0.830. The smallest absolute Gasteiger partial charge is 0.340 e. The van der Waals surface area contributed by atoms with Crippen molar-refractivity contribution in [2.24, 2.45) is 11.8 Å². The van der Waals surface area contributed by atoms with Crippen molar-refractivity contribution in [2.75, 3.05) is 26.2 Å². The van der Waals surface area contributed by atoms with E-state index in [1.54, 1.807) is 24.0 Å². The molecular formula is C25H36N2O4S. The van der Waals surface area contributed by atoms with Crippen LogP contribution in [-0.2, 0) is 14.3 Å². The van der Waals surface area contributed by atoms with Crippen molar-refractivity contribution in [1.29, 1.82) is 0 Å². The van der Waals surface area contributed by atoms with Crippen molar-refractivity contribution < 1.29 is 19.1 Å². The predicted molar refractivity (Wildman–Crippen MR) is 127 cm³/mol. The van der Waals surface area contributed by atoms with Gasteiger partial charge in [0.2, 0.25) is 5.91 Å². The number of esters is 1. The summed E-state index contributed by atoms with van der Waals surface area (Å²) in [5.41, 5.74) is 0.399. The van der Waals surface area contributed by atoms with E-state index in [2.05, 4.69) is 13.8 Å². The van der Waals surface area contributed by atoms with Gasteiger partial charge in [0.25, 0.3) is 5.91 Å². The molecule has 2 fully saturated rings. The molecule has 2 unspecified atom stereocenters. The number of hydrogen-bond acceptors (Lipinski definition) is 5. The fourth-order valence-corrected chi connectivity index (χ4v) is 5.29. The molecule has 0 aromatic heterocycles. The fourth-order valence-electron chi connectivity index (χ4n) is 4.23. The second kappa shape index (κ2) is 11.2. The van der Waals surface area contributed by atoms with Crippen LogP contribution >= 0.6 is 11.8 Å². The normalized spacial score (nSPS) is 20.0. The van der Waals surface area contributed by atoms with Crippen LogP contribution in [-0.4, -0.2) is 65.1 Å². The zero-order valence-corrected chi connectivity index (χ0v) is 20.5. The Labute approximate surface area is 196 Å². The van der Waals surface area contributed by atoms with Gasteiger partial charge in [0.05, 0.1) is 10.8 Å². The number of rotatable bonds is 6. The molecule has 6 nitrogen and oxygen atoms in total. The Hall–Kier alpha value is -2.02. The van der Waals surface area contributed by atoms with E-state index in [0.717, 1.165) is 38.8 Å². The highest BCUT2D eigenvalue weighted by Gasteiger charge is 2.29. The number of piperidine rings is 2. The lowest BCUT2D eigenvalue weighted by atomic mass is 9.99. The number of nitrogens with zero attached hydrogens (tertiary/aromatic N) is 2. The number of carbonyl (C=O) groups excluding carboxylic acids is 3. The molecule has 0 saturated carbocycles. The van der Waals surface area contributed by atoms with Gasteiger partial charge >= 0.3 is 5.97 Å². The number of amides is 2. The molecule has 1 aromatic carbocycles. The van der Waals surface area contributed by atoms with E-state index in [4.69, 9.17) is 4.74 Å². The first kappa shape index (κ1) is 24.6. The molecule has 1 aromatic rings. The summed E-state index contributed by atoms with van der Waals surface area (Å²) in [4.78, 5) is 42.9. The molecule has 0 radical (unpaired) electrons. The molecule has 2 atom stereocenters. The van der Waals surface area contributed by atoms with E-state index >= 15 is 0 Å². The Bertz CT molecular complexity index is 814. The molecule has 0 bridgehead atoms. The van der Waals surface area contributed by atoms with Crippen LogP contribution in [0.5, 0.6) is 0 Å². The lowest BCUT2D eigenvalue weighted by molar-refractivity contribution is -0.141. The van der Waals surface area contributed by atoms with Gasteiger partial charge in [0, 0.05) is 31.1 Å². The van der Waals surface area contributed by atoms with Crippen LogP contribution in [0.3, 0.4) is 0 Å². The highest BCUT2D eigenvalue weighted by atomic mass is 32.2. The fraction of sp³-hybridized carbons (Fsp3) is 0.640. The Morgan fingerprint density at radius 3 is 1.94 bits per heavy atom. The van der Waals surface area contributed by atoms with Gasteiger partial charge in [-0.05, 0) is 63.5 Å². The van der Waals surface area contributed by atoms with Crippen molar-refractivity contribution in [3.05, 3.63) is 29.8 Å². The highest BCUT2D eigenvalue weighted by Crippen LogP contribution is 2.30. The quantitative estimate of drug-likeness (QED) is 0.469. The molecule has 0 aliphatic carbocycles. The topological polar surface area (TPSA) is 66.9 Å². The van der Waals surface area contributed by atoms with Crippen LogP contribution in [0.15, 0.2) is 29.2 Å². The van der Waals surface area contributed by atoms with Crippen molar-refractivity contribution in [3.8, 4) is 0 Å². The summed E-state index contributed by atoms with van der Waals surface area (Å²) < 4.78 is 5.55. The van der Waals surface area contributed by atoms with Gasteiger partial charge in [-0.3, -0.25) is 9.59 Å². The number of thioether (sulfide) groups is 1. The second-order valence-electron chi connectivity index (χ2n) is 9.32. The van der Waals surface area contributed by atoms with Crippen molar-refractivity contribution in [2.45, 2.75) is 69.6 Å². The molecule has 32 heavy (non-hydrogen) atoms. The third kappa shape index (κ3) is 6.27. The van der Waals surface area contributed by atoms with Gasteiger partial charge in [-0.2, -0.15) is 0 Å². The zero-order chi connectivity index (χ0) is 23.3. The van der Waals surface area contributed by atoms with Crippen LogP contribution in [0.2, 0.25) is 0 Å². The van der Waals surface area contributed by atoms with Gasteiger partial charge in [-0.1, -0.05) is 26.0 Å². The van der Waals surface area contributed by atoms with E-state index in [9.17, 15) is 14.4 Å². The largest absolute Gasteiger partial charge is 0.449 e. The number of hydrogen-bond donors (Lipinski definition) is 0. The van der Waals surface area contributed by atoms with Crippen molar-refractivity contribution in [1.82, 2.24) is 9.80 Å². The molecular weight excluding hydrogens is 424 g/mol. The second-order valence-corrected chi connectivity index (χ2v) is 10.7. The number of carbonyl (C=O) groups is 3. The van der Waals surface area contributed by atoms with E-state index in [0.29, 0.717) is 35.4 Å². The third-order valence-corrected chi connectivity index (χ3v) is 7.75. The van der Waals surface area contributed by atoms with Gasteiger partial charge in [0.1, 0.15) is 0 Å². The summed E-state index contributed by atoms with van der Waals surface area (Å²) in [5.74, 6) is 0.728. The number of ether oxygens (including phenoxy) is 1. The minimum Gasteiger partial charge on any atom is -0.449 e. The average Bonchev–Trinajstić information content (AvgIpc) is 2.79. The third-order valence-electron chi connectivity index (χ3n) is 6.58. The predicted octanol–water partition coefficient (Wildman–Crippen LogP) is 4.23. The monoisotopic (exact) mass is 460 g/mol. The van der Waals surface area contributed by atoms with E-state index < -0.39 is 12.1 Å². The Morgan fingerprint density at radius 1 is 0.875 bits per heavy atom. The maximum absolute atomic E-state index is 12.9. The number of benzene rings is 1. The van der Waals surface area contributed by atoms with E-state index in [1.165, 1.54) is 11.8 Å². The first-order valence-electron chi connectivity index (χ1n) is 11.8. The molecule has 0 N–H and O–H groups in total. The van der Waals surface area contributed by atoms with Crippen molar-refractivity contribution >= 4 is 29.5 Å². The molecule has 7 heteroatoms. The Balaban J connectivity index is 1.60. The lowest BCUT2D eigenvalue weighted by Crippen LogP contribution is -2.44. The average molecular weight is 461 g/mol. The van der Waals surface area contributed by atoms with Crippen LogP contribution in [0.25, 0.3) is 0 Å². The lowest BCUT2D eigenvalue weighted by Gasteiger charge is -2.32. The summed E-state index contributed by atoms with van der Waals surface area (Å²) in [6.07, 6.45) is 3.20.